The maximum absolute atomic E-state index is 12.2. The second kappa shape index (κ2) is 6.55. The number of aliphatic hydroxyl groups excluding tert-OH is 1. The maximum Gasteiger partial charge on any atom is 0.244 e. The van der Waals surface area contributed by atoms with E-state index in [0.29, 0.717) is 18.5 Å². The highest BCUT2D eigenvalue weighted by Crippen LogP contribution is 2.18. The molecule has 4 nitrogen and oxygen atoms in total. The highest BCUT2D eigenvalue weighted by atomic mass is 32.2. The minimum atomic E-state index is -3.49. The lowest BCUT2D eigenvalue weighted by molar-refractivity contribution is 0.305. The first-order valence-corrected chi connectivity index (χ1v) is 7.13. The highest BCUT2D eigenvalue weighted by molar-refractivity contribution is 7.89. The molecular formula is C13H17NO3S. The number of nitrogens with zero attached hydrogens (tertiary/aromatic N) is 1. The molecule has 0 spiro atoms. The maximum atomic E-state index is 12.2. The van der Waals surface area contributed by atoms with Crippen molar-refractivity contribution in [2.24, 2.45) is 0 Å². The van der Waals surface area contributed by atoms with Gasteiger partial charge in [0, 0.05) is 25.6 Å². The number of hydrogen-bond acceptors (Lipinski definition) is 3. The summed E-state index contributed by atoms with van der Waals surface area (Å²) in [5.41, 5.74) is 0.464. The van der Waals surface area contributed by atoms with Gasteiger partial charge in [-0.1, -0.05) is 30.9 Å². The molecule has 1 N–H and O–H groups in total. The van der Waals surface area contributed by atoms with Gasteiger partial charge in [0.25, 0.3) is 0 Å². The summed E-state index contributed by atoms with van der Waals surface area (Å²) in [6, 6.07) is 6.63. The van der Waals surface area contributed by atoms with Crippen molar-refractivity contribution in [1.29, 1.82) is 0 Å². The van der Waals surface area contributed by atoms with E-state index >= 15 is 0 Å². The van der Waals surface area contributed by atoms with Gasteiger partial charge >= 0.3 is 0 Å². The molecule has 0 saturated heterocycles. The lowest BCUT2D eigenvalue weighted by Gasteiger charge is -2.15. The van der Waals surface area contributed by atoms with E-state index < -0.39 is 10.0 Å². The lowest BCUT2D eigenvalue weighted by Crippen LogP contribution is -2.27. The number of benzene rings is 1. The fraction of sp³-hybridized carbons (Fsp3) is 0.385. The van der Waals surface area contributed by atoms with E-state index in [1.54, 1.807) is 31.2 Å². The van der Waals surface area contributed by atoms with Crippen molar-refractivity contribution in [3.63, 3.8) is 0 Å². The number of sulfonamides is 1. The summed E-state index contributed by atoms with van der Waals surface area (Å²) >= 11 is 0. The molecule has 0 radical (unpaired) electrons. The van der Waals surface area contributed by atoms with Crippen LogP contribution in [0.3, 0.4) is 0 Å². The van der Waals surface area contributed by atoms with Gasteiger partial charge in [-0.3, -0.25) is 0 Å². The third kappa shape index (κ3) is 3.33. The van der Waals surface area contributed by atoms with E-state index in [2.05, 4.69) is 11.8 Å². The molecule has 0 aliphatic rings. The normalized spacial score (nSPS) is 11.1. The average molecular weight is 267 g/mol. The zero-order chi connectivity index (χ0) is 13.6. The predicted octanol–water partition coefficient (Wildman–Crippen LogP) is 1.06. The minimum absolute atomic E-state index is 0.0310. The van der Waals surface area contributed by atoms with Gasteiger partial charge in [0.1, 0.15) is 0 Å². The molecule has 0 atom stereocenters. The molecule has 5 heteroatoms. The number of aliphatic hydroxyl groups is 1. The summed E-state index contributed by atoms with van der Waals surface area (Å²) in [5, 5.41) is 8.67. The summed E-state index contributed by atoms with van der Waals surface area (Å²) in [6.45, 7) is 2.15. The van der Waals surface area contributed by atoms with Crippen LogP contribution in [0, 0.1) is 11.8 Å². The van der Waals surface area contributed by atoms with Crippen LogP contribution in [0.1, 0.15) is 18.9 Å². The van der Waals surface area contributed by atoms with Crippen LogP contribution in [0.5, 0.6) is 0 Å². The molecular weight excluding hydrogens is 250 g/mol. The molecule has 0 fully saturated rings. The Balaban J connectivity index is 3.23. The van der Waals surface area contributed by atoms with E-state index in [1.807, 2.05) is 0 Å². The van der Waals surface area contributed by atoms with Gasteiger partial charge in [0.15, 0.2) is 0 Å². The predicted molar refractivity (Wildman–Crippen MR) is 70.5 cm³/mol. The van der Waals surface area contributed by atoms with Gasteiger partial charge in [-0.25, -0.2) is 12.7 Å². The Labute approximate surface area is 108 Å². The standard InChI is InChI=1S/C13H17NO3S/c1-3-14(2)18(16,17)13-10-5-4-8-12(13)9-6-7-11-15/h4-5,8,10,15H,3,7,11H2,1-2H3. The Kier molecular flexibility index (Phi) is 5.35. The van der Waals surface area contributed by atoms with Crippen LogP contribution >= 0.6 is 0 Å². The van der Waals surface area contributed by atoms with Crippen molar-refractivity contribution in [2.75, 3.05) is 20.2 Å². The largest absolute Gasteiger partial charge is 0.395 e. The summed E-state index contributed by atoms with van der Waals surface area (Å²) in [7, 11) is -1.95. The van der Waals surface area contributed by atoms with E-state index in [-0.39, 0.29) is 11.5 Å². The highest BCUT2D eigenvalue weighted by Gasteiger charge is 2.21. The first kappa shape index (κ1) is 14.7. The molecule has 1 aromatic rings. The van der Waals surface area contributed by atoms with Crippen molar-refractivity contribution in [3.8, 4) is 11.8 Å². The van der Waals surface area contributed by atoms with Gasteiger partial charge in [0.05, 0.1) is 11.5 Å². The van der Waals surface area contributed by atoms with Crippen molar-refractivity contribution in [3.05, 3.63) is 29.8 Å². The van der Waals surface area contributed by atoms with Crippen molar-refractivity contribution >= 4 is 10.0 Å². The van der Waals surface area contributed by atoms with Crippen LogP contribution in [0.4, 0.5) is 0 Å². The third-order valence-electron chi connectivity index (χ3n) is 2.48. The molecule has 0 heterocycles. The van der Waals surface area contributed by atoms with Gasteiger partial charge in [-0.15, -0.1) is 0 Å². The SMILES string of the molecule is CCN(C)S(=O)(=O)c1ccccc1C#CCCO. The first-order chi connectivity index (χ1) is 8.54. The fourth-order valence-electron chi connectivity index (χ4n) is 1.35. The first-order valence-electron chi connectivity index (χ1n) is 5.69. The van der Waals surface area contributed by atoms with Gasteiger partial charge in [0.2, 0.25) is 10.0 Å². The van der Waals surface area contributed by atoms with Crippen molar-refractivity contribution in [2.45, 2.75) is 18.2 Å². The quantitative estimate of drug-likeness (QED) is 0.830. The second-order valence-corrected chi connectivity index (χ2v) is 5.70. The van der Waals surface area contributed by atoms with Crippen LogP contribution in [0.2, 0.25) is 0 Å². The Bertz CT molecular complexity index is 555. The third-order valence-corrected chi connectivity index (χ3v) is 4.47. The van der Waals surface area contributed by atoms with Crippen LogP contribution in [-0.4, -0.2) is 38.0 Å². The van der Waals surface area contributed by atoms with Crippen molar-refractivity contribution < 1.29 is 13.5 Å². The van der Waals surface area contributed by atoms with Crippen LogP contribution < -0.4 is 0 Å². The molecule has 18 heavy (non-hydrogen) atoms. The second-order valence-electron chi connectivity index (χ2n) is 3.69. The van der Waals surface area contributed by atoms with Crippen LogP contribution in [0.25, 0.3) is 0 Å². The molecule has 1 rings (SSSR count). The van der Waals surface area contributed by atoms with Gasteiger partial charge in [-0.05, 0) is 12.1 Å². The molecule has 0 bridgehead atoms. The Morgan fingerprint density at radius 2 is 2.00 bits per heavy atom. The molecule has 0 unspecified atom stereocenters. The smallest absolute Gasteiger partial charge is 0.244 e. The number of hydrogen-bond donors (Lipinski definition) is 1. The van der Waals surface area contributed by atoms with E-state index in [1.165, 1.54) is 11.4 Å². The zero-order valence-electron chi connectivity index (χ0n) is 10.5. The average Bonchev–Trinajstić information content (AvgIpc) is 2.38. The summed E-state index contributed by atoms with van der Waals surface area (Å²) in [6.07, 6.45) is 0.331. The van der Waals surface area contributed by atoms with Gasteiger partial charge in [-0.2, -0.15) is 0 Å². The Morgan fingerprint density at radius 1 is 1.33 bits per heavy atom. The zero-order valence-corrected chi connectivity index (χ0v) is 11.4. The van der Waals surface area contributed by atoms with Gasteiger partial charge < -0.3 is 5.11 Å². The minimum Gasteiger partial charge on any atom is -0.395 e. The lowest BCUT2D eigenvalue weighted by atomic mass is 10.2. The van der Waals surface area contributed by atoms with Crippen LogP contribution in [0.15, 0.2) is 29.2 Å². The molecule has 0 amide bonds. The molecule has 0 aliphatic carbocycles. The Hall–Kier alpha value is -1.35. The molecule has 0 aliphatic heterocycles. The monoisotopic (exact) mass is 267 g/mol. The topological polar surface area (TPSA) is 57.6 Å². The Morgan fingerprint density at radius 3 is 2.61 bits per heavy atom. The molecule has 0 aromatic heterocycles. The summed E-state index contributed by atoms with van der Waals surface area (Å²) < 4.78 is 25.7. The van der Waals surface area contributed by atoms with E-state index in [9.17, 15) is 8.42 Å². The fourth-order valence-corrected chi connectivity index (χ4v) is 2.67. The molecule has 1 aromatic carbocycles. The summed E-state index contributed by atoms with van der Waals surface area (Å²) in [5.74, 6) is 5.52. The molecule has 98 valence electrons. The molecule has 0 saturated carbocycles. The summed E-state index contributed by atoms with van der Waals surface area (Å²) in [4.78, 5) is 0.208. The van der Waals surface area contributed by atoms with Crippen molar-refractivity contribution in [1.82, 2.24) is 4.31 Å². The number of rotatable bonds is 4. The van der Waals surface area contributed by atoms with Crippen LogP contribution in [-0.2, 0) is 10.0 Å². The van der Waals surface area contributed by atoms with E-state index in [0.717, 1.165) is 0 Å². The van der Waals surface area contributed by atoms with E-state index in [4.69, 9.17) is 5.11 Å².